The Kier molecular flexibility index (Phi) is 11.0. The van der Waals surface area contributed by atoms with Gasteiger partial charge in [-0.05, 0) is 120 Å². The van der Waals surface area contributed by atoms with Crippen LogP contribution in [0.4, 0.5) is 0 Å². The number of fused-ring (bicyclic) bond motifs is 4. The average Bonchev–Trinajstić information content (AvgIpc) is 4.14. The van der Waals surface area contributed by atoms with Crippen LogP contribution in [0.15, 0.2) is 120 Å². The molecule has 5 N–H and O–H groups in total. The SMILES string of the molecule is CC.CNCc1cc2cc(C)c(C(=O)NC3(c4cccc5ccccc45)CC3)cc2o1.Cc1cc2c(cc1C(=O)NC1(c3cccc4ccccc34)CC1)O[C@H](CN)C2. The second-order valence-corrected chi connectivity index (χ2v) is 16.0. The van der Waals surface area contributed by atoms with Gasteiger partial charge < -0.3 is 30.8 Å². The van der Waals surface area contributed by atoms with Gasteiger partial charge in [0.05, 0.1) is 17.6 Å². The van der Waals surface area contributed by atoms with Gasteiger partial charge in [0.25, 0.3) is 11.8 Å². The summed E-state index contributed by atoms with van der Waals surface area (Å²) in [6, 6.07) is 39.3. The van der Waals surface area contributed by atoms with E-state index in [4.69, 9.17) is 14.9 Å². The van der Waals surface area contributed by atoms with Gasteiger partial charge in [-0.15, -0.1) is 0 Å². The number of ether oxygens (including phenoxy) is 1. The first kappa shape index (κ1) is 39.8. The lowest BCUT2D eigenvalue weighted by Crippen LogP contribution is -2.35. The maximum absolute atomic E-state index is 13.2. The van der Waals surface area contributed by atoms with Gasteiger partial charge in [0.15, 0.2) is 0 Å². The number of benzene rings is 6. The fraction of sp³-hybridized carbons (Fsp3) is 0.294. The Balaban J connectivity index is 0.000000158. The molecule has 1 aromatic heterocycles. The molecule has 3 aliphatic rings. The molecular formula is C51H54N4O4. The fourth-order valence-corrected chi connectivity index (χ4v) is 8.65. The van der Waals surface area contributed by atoms with Gasteiger partial charge in [-0.1, -0.05) is 105 Å². The van der Waals surface area contributed by atoms with Gasteiger partial charge in [-0.3, -0.25) is 9.59 Å². The number of hydrogen-bond donors (Lipinski definition) is 4. The van der Waals surface area contributed by atoms with Crippen molar-refractivity contribution in [3.8, 4) is 5.75 Å². The van der Waals surface area contributed by atoms with Crippen molar-refractivity contribution in [2.24, 2.45) is 5.73 Å². The number of furan rings is 1. The van der Waals surface area contributed by atoms with Crippen LogP contribution in [0.1, 0.15) is 93.8 Å². The summed E-state index contributed by atoms with van der Waals surface area (Å²) in [5.41, 5.74) is 12.8. The van der Waals surface area contributed by atoms with Crippen LogP contribution in [0.25, 0.3) is 32.5 Å². The van der Waals surface area contributed by atoms with Crippen LogP contribution in [0.3, 0.4) is 0 Å². The Morgan fingerprint density at radius 1 is 0.678 bits per heavy atom. The summed E-state index contributed by atoms with van der Waals surface area (Å²) in [6.45, 7) is 9.12. The molecule has 302 valence electrons. The summed E-state index contributed by atoms with van der Waals surface area (Å²) in [5.74, 6) is 1.59. The highest BCUT2D eigenvalue weighted by Crippen LogP contribution is 2.49. The van der Waals surface area contributed by atoms with Crippen LogP contribution < -0.4 is 26.4 Å². The van der Waals surface area contributed by atoms with Gasteiger partial charge in [-0.25, -0.2) is 0 Å². The third kappa shape index (κ3) is 7.83. The molecule has 10 rings (SSSR count). The summed E-state index contributed by atoms with van der Waals surface area (Å²) in [7, 11) is 1.89. The molecule has 2 fully saturated rings. The minimum Gasteiger partial charge on any atom is -0.488 e. The molecule has 2 amide bonds. The topological polar surface area (TPSA) is 119 Å². The molecule has 8 nitrogen and oxygen atoms in total. The molecule has 7 aromatic rings. The van der Waals surface area contributed by atoms with Gasteiger partial charge in [0.1, 0.15) is 23.2 Å². The van der Waals surface area contributed by atoms with Crippen molar-refractivity contribution in [3.63, 3.8) is 0 Å². The fourth-order valence-electron chi connectivity index (χ4n) is 8.65. The summed E-state index contributed by atoms with van der Waals surface area (Å²) in [6.07, 6.45) is 4.67. The van der Waals surface area contributed by atoms with Crippen molar-refractivity contribution in [2.75, 3.05) is 13.6 Å². The Morgan fingerprint density at radius 3 is 1.75 bits per heavy atom. The number of carbonyl (C=O) groups excluding carboxylic acids is 2. The van der Waals surface area contributed by atoms with Crippen molar-refractivity contribution in [3.05, 3.63) is 160 Å². The summed E-state index contributed by atoms with van der Waals surface area (Å²) >= 11 is 0. The quantitative estimate of drug-likeness (QED) is 0.116. The average molecular weight is 787 g/mol. The lowest BCUT2D eigenvalue weighted by Gasteiger charge is -2.21. The molecule has 0 radical (unpaired) electrons. The molecule has 6 aromatic carbocycles. The number of nitrogens with two attached hydrogens (primary N) is 1. The van der Waals surface area contributed by atoms with E-state index in [9.17, 15) is 9.59 Å². The van der Waals surface area contributed by atoms with Gasteiger partial charge in [0.2, 0.25) is 0 Å². The normalized spacial score (nSPS) is 16.5. The largest absolute Gasteiger partial charge is 0.488 e. The van der Waals surface area contributed by atoms with Gasteiger partial charge in [0, 0.05) is 29.5 Å². The van der Waals surface area contributed by atoms with E-state index in [1.165, 1.54) is 32.7 Å². The zero-order valence-corrected chi connectivity index (χ0v) is 34.7. The first-order valence-electron chi connectivity index (χ1n) is 21.0. The minimum absolute atomic E-state index is 0.0122. The van der Waals surface area contributed by atoms with Crippen molar-refractivity contribution in [1.82, 2.24) is 16.0 Å². The molecule has 0 bridgehead atoms. The Bertz CT molecular complexity index is 2680. The lowest BCUT2D eigenvalue weighted by molar-refractivity contribution is 0.0921. The standard InChI is InChI=1S/C25H24N2O2.C24H24N2O2.C2H6/c1-16-12-18-13-19(15-26-2)29-23(18)14-21(16)24(28)27-25(10-11-25)22-9-5-7-17-6-3-4-8-20(17)22;1-15-11-17-12-18(14-25)28-22(17)13-20(15)23(27)26-24(9-10-24)21-8-4-6-16-5-2-3-7-19(16)21;1-2/h3-9,12-14,26H,10-11,15H2,1-2H3,(H,27,28);2-8,11,13,18H,9-10,12,14,25H2,1H3,(H,26,27);1-2H3/t;18-;/m.0./s1. The van der Waals surface area contributed by atoms with Crippen LogP contribution in [0.5, 0.6) is 5.75 Å². The molecule has 2 aliphatic carbocycles. The lowest BCUT2D eigenvalue weighted by atomic mass is 9.96. The number of amides is 2. The molecule has 1 aliphatic heterocycles. The van der Waals surface area contributed by atoms with Crippen molar-refractivity contribution < 1.29 is 18.7 Å². The van der Waals surface area contributed by atoms with E-state index < -0.39 is 0 Å². The van der Waals surface area contributed by atoms with Crippen LogP contribution in [0.2, 0.25) is 0 Å². The van der Waals surface area contributed by atoms with Gasteiger partial charge in [-0.2, -0.15) is 0 Å². The molecular weight excluding hydrogens is 733 g/mol. The highest BCUT2D eigenvalue weighted by molar-refractivity contribution is 6.01. The van der Waals surface area contributed by atoms with E-state index in [1.54, 1.807) is 0 Å². The van der Waals surface area contributed by atoms with Crippen LogP contribution >= 0.6 is 0 Å². The number of carbonyl (C=O) groups is 2. The number of nitrogens with one attached hydrogen (secondary N) is 3. The Morgan fingerprint density at radius 2 is 1.20 bits per heavy atom. The van der Waals surface area contributed by atoms with E-state index in [-0.39, 0.29) is 29.0 Å². The molecule has 2 heterocycles. The molecule has 0 spiro atoms. The van der Waals surface area contributed by atoms with E-state index in [0.29, 0.717) is 24.2 Å². The zero-order chi connectivity index (χ0) is 41.3. The van der Waals surface area contributed by atoms with Gasteiger partial charge >= 0.3 is 0 Å². The summed E-state index contributed by atoms with van der Waals surface area (Å²) < 4.78 is 11.8. The first-order chi connectivity index (χ1) is 28.7. The van der Waals surface area contributed by atoms with Crippen LogP contribution in [0, 0.1) is 13.8 Å². The molecule has 1 atom stereocenters. The van der Waals surface area contributed by atoms with Crippen molar-refractivity contribution >= 4 is 44.3 Å². The van der Waals surface area contributed by atoms with E-state index >= 15 is 0 Å². The molecule has 0 unspecified atom stereocenters. The first-order valence-corrected chi connectivity index (χ1v) is 21.0. The molecule has 8 heteroatoms. The maximum atomic E-state index is 13.2. The molecule has 2 saturated carbocycles. The van der Waals surface area contributed by atoms with Crippen molar-refractivity contribution in [1.29, 1.82) is 0 Å². The van der Waals surface area contributed by atoms with Crippen molar-refractivity contribution in [2.45, 2.75) is 83.5 Å². The molecule has 0 saturated heterocycles. The zero-order valence-electron chi connectivity index (χ0n) is 34.7. The third-order valence-electron chi connectivity index (χ3n) is 12.0. The Labute approximate surface area is 346 Å². The highest BCUT2D eigenvalue weighted by atomic mass is 16.5. The van der Waals surface area contributed by atoms with E-state index in [0.717, 1.165) is 71.3 Å². The highest BCUT2D eigenvalue weighted by Gasteiger charge is 2.48. The van der Waals surface area contributed by atoms with E-state index in [2.05, 4.69) is 101 Å². The number of aryl methyl sites for hydroxylation is 2. The smallest absolute Gasteiger partial charge is 0.252 e. The predicted octanol–water partition coefficient (Wildman–Crippen LogP) is 9.89. The maximum Gasteiger partial charge on any atom is 0.252 e. The summed E-state index contributed by atoms with van der Waals surface area (Å²) in [5, 5.41) is 15.6. The minimum atomic E-state index is -0.278. The summed E-state index contributed by atoms with van der Waals surface area (Å²) in [4.78, 5) is 26.4. The molecule has 59 heavy (non-hydrogen) atoms. The van der Waals surface area contributed by atoms with E-state index in [1.807, 2.05) is 65.1 Å². The number of rotatable bonds is 9. The van der Waals surface area contributed by atoms with Crippen LogP contribution in [-0.2, 0) is 24.0 Å². The third-order valence-corrected chi connectivity index (χ3v) is 12.0. The predicted molar refractivity (Wildman–Crippen MR) is 238 cm³/mol. The number of hydrogen-bond acceptors (Lipinski definition) is 6. The second-order valence-electron chi connectivity index (χ2n) is 16.0. The second kappa shape index (κ2) is 16.4. The monoisotopic (exact) mass is 786 g/mol. The Hall–Kier alpha value is -5.96. The van der Waals surface area contributed by atoms with Crippen LogP contribution in [-0.4, -0.2) is 31.5 Å².